The van der Waals surface area contributed by atoms with Gasteiger partial charge in [0.25, 0.3) is 0 Å². The summed E-state index contributed by atoms with van der Waals surface area (Å²) in [6, 6.07) is -0.735. The number of rotatable bonds is 12. The molecule has 0 aromatic heterocycles. The van der Waals surface area contributed by atoms with Crippen LogP contribution in [-0.2, 0) is 47.5 Å². The van der Waals surface area contributed by atoms with Crippen LogP contribution in [0.25, 0.3) is 0 Å². The minimum absolute atomic E-state index is 0.0590. The van der Waals surface area contributed by atoms with Crippen molar-refractivity contribution in [3.8, 4) is 0 Å². The Morgan fingerprint density at radius 3 is 1.42 bits per heavy atom. The first-order valence-electron chi connectivity index (χ1n) is 14.1. The SMILES string of the molecule is COCOC(=O)[C@@H]1C[C@H](NC(=O)OC(C)(C)C)[C@@H](OCOC)C1.COCO[C@H]1C[C@H](C(=O)O)C[C@@H]1NC(=O)OC(C)(C)C. The molecule has 2 rings (SSSR count). The highest BCUT2D eigenvalue weighted by Gasteiger charge is 2.41. The summed E-state index contributed by atoms with van der Waals surface area (Å²) in [6.07, 6.45) is -0.324. The van der Waals surface area contributed by atoms with Gasteiger partial charge >= 0.3 is 24.1 Å². The van der Waals surface area contributed by atoms with Gasteiger partial charge < -0.3 is 53.6 Å². The molecule has 0 aromatic rings. The third kappa shape index (κ3) is 15.5. The zero-order valence-corrected chi connectivity index (χ0v) is 26.8. The van der Waals surface area contributed by atoms with Crippen molar-refractivity contribution in [2.75, 3.05) is 41.7 Å². The standard InChI is InChI=1S/C15H27NO7.C13H23NO6/c1-15(2,3)23-14(18)16-11-6-10(13(17)22-9-20-5)7-12(11)21-8-19-4;1-13(2,3)20-12(17)14-9-5-8(11(15)16)6-10(9)19-7-18-4/h10-12H,6-9H2,1-5H3,(H,16,18);8-10H,5-7H2,1-4H3,(H,14,17)(H,15,16)/t10-,11+,12+;8-,9+,10+/m11/s1. The molecule has 0 radical (unpaired) electrons. The van der Waals surface area contributed by atoms with E-state index in [0.29, 0.717) is 25.7 Å². The third-order valence-electron chi connectivity index (χ3n) is 6.21. The fourth-order valence-corrected chi connectivity index (χ4v) is 4.53. The van der Waals surface area contributed by atoms with Crippen LogP contribution < -0.4 is 10.6 Å². The monoisotopic (exact) mass is 622 g/mol. The van der Waals surface area contributed by atoms with Crippen LogP contribution in [0.4, 0.5) is 9.59 Å². The first kappa shape index (κ1) is 38.3. The number of carbonyl (C=O) groups excluding carboxylic acids is 3. The number of aliphatic carboxylic acids is 1. The van der Waals surface area contributed by atoms with Crippen LogP contribution in [0.2, 0.25) is 0 Å². The molecule has 2 aliphatic carbocycles. The lowest BCUT2D eigenvalue weighted by Gasteiger charge is -2.24. The topological polar surface area (TPSA) is 186 Å². The second kappa shape index (κ2) is 18.2. The Morgan fingerprint density at radius 2 is 1.05 bits per heavy atom. The van der Waals surface area contributed by atoms with Crippen LogP contribution in [0.1, 0.15) is 67.2 Å². The molecule has 0 bridgehead atoms. The summed E-state index contributed by atoms with van der Waals surface area (Å²) in [5.74, 6) is -2.15. The predicted molar refractivity (Wildman–Crippen MR) is 151 cm³/mol. The van der Waals surface area contributed by atoms with E-state index >= 15 is 0 Å². The summed E-state index contributed by atoms with van der Waals surface area (Å²) in [6.45, 7) is 10.7. The molecule has 3 N–H and O–H groups in total. The Kier molecular flexibility index (Phi) is 16.2. The van der Waals surface area contributed by atoms with Gasteiger partial charge in [0.15, 0.2) is 6.79 Å². The van der Waals surface area contributed by atoms with Crippen molar-refractivity contribution in [1.82, 2.24) is 10.6 Å². The Bertz CT molecular complexity index is 887. The molecule has 250 valence electrons. The molecule has 6 atom stereocenters. The van der Waals surface area contributed by atoms with Crippen LogP contribution in [0.3, 0.4) is 0 Å². The number of amides is 2. The van der Waals surface area contributed by atoms with E-state index in [1.54, 1.807) is 41.5 Å². The molecule has 15 nitrogen and oxygen atoms in total. The first-order valence-corrected chi connectivity index (χ1v) is 14.1. The summed E-state index contributed by atoms with van der Waals surface area (Å²) in [5, 5.41) is 14.5. The van der Waals surface area contributed by atoms with Gasteiger partial charge in [0.2, 0.25) is 0 Å². The van der Waals surface area contributed by atoms with Crippen LogP contribution >= 0.6 is 0 Å². The van der Waals surface area contributed by atoms with Crippen LogP contribution in [0.15, 0.2) is 0 Å². The first-order chi connectivity index (χ1) is 20.0. The van der Waals surface area contributed by atoms with Gasteiger partial charge in [0.1, 0.15) is 24.8 Å². The summed E-state index contributed by atoms with van der Waals surface area (Å²) < 4.78 is 40.8. The van der Waals surface area contributed by atoms with Gasteiger partial charge in [0, 0.05) is 21.3 Å². The maximum absolute atomic E-state index is 12.0. The number of alkyl carbamates (subject to hydrolysis) is 2. The minimum atomic E-state index is -0.885. The summed E-state index contributed by atoms with van der Waals surface area (Å²) >= 11 is 0. The van der Waals surface area contributed by atoms with E-state index in [1.165, 1.54) is 21.3 Å². The van der Waals surface area contributed by atoms with Crippen molar-refractivity contribution in [1.29, 1.82) is 0 Å². The lowest BCUT2D eigenvalue weighted by atomic mass is 10.1. The molecule has 0 unspecified atom stereocenters. The third-order valence-corrected chi connectivity index (χ3v) is 6.21. The molecular weight excluding hydrogens is 572 g/mol. The van der Waals surface area contributed by atoms with E-state index in [0.717, 1.165) is 0 Å². The highest BCUT2D eigenvalue weighted by molar-refractivity contribution is 5.74. The number of ether oxygens (including phenoxy) is 8. The number of hydrogen-bond donors (Lipinski definition) is 3. The van der Waals surface area contributed by atoms with E-state index in [4.69, 9.17) is 43.0 Å². The van der Waals surface area contributed by atoms with Gasteiger partial charge in [-0.05, 0) is 67.2 Å². The van der Waals surface area contributed by atoms with E-state index < -0.39 is 35.3 Å². The number of hydrogen-bond acceptors (Lipinski definition) is 12. The van der Waals surface area contributed by atoms with Crippen LogP contribution in [0.5, 0.6) is 0 Å². The van der Waals surface area contributed by atoms with Gasteiger partial charge in [-0.1, -0.05) is 0 Å². The maximum Gasteiger partial charge on any atom is 0.407 e. The van der Waals surface area contributed by atoms with Crippen molar-refractivity contribution in [2.45, 2.75) is 103 Å². The molecule has 0 aromatic carbocycles. The van der Waals surface area contributed by atoms with Crippen molar-refractivity contribution in [3.63, 3.8) is 0 Å². The van der Waals surface area contributed by atoms with Gasteiger partial charge in [-0.25, -0.2) is 9.59 Å². The zero-order chi connectivity index (χ0) is 32.8. The van der Waals surface area contributed by atoms with Gasteiger partial charge in [-0.3, -0.25) is 9.59 Å². The largest absolute Gasteiger partial charge is 0.481 e. The second-order valence-electron chi connectivity index (χ2n) is 12.3. The lowest BCUT2D eigenvalue weighted by Crippen LogP contribution is -2.43. The van der Waals surface area contributed by atoms with E-state index in [1.807, 2.05) is 0 Å². The van der Waals surface area contributed by atoms with Crippen molar-refractivity contribution in [3.05, 3.63) is 0 Å². The van der Waals surface area contributed by atoms with Gasteiger partial charge in [0.05, 0.1) is 36.1 Å². The van der Waals surface area contributed by atoms with Crippen LogP contribution in [-0.4, -0.2) is 106 Å². The predicted octanol–water partition coefficient (Wildman–Crippen LogP) is 2.79. The zero-order valence-electron chi connectivity index (χ0n) is 26.8. The molecule has 2 saturated carbocycles. The normalized spacial score (nSPS) is 25.2. The molecular formula is C28H50N2O13. The average Bonchev–Trinajstić information content (AvgIpc) is 3.46. The van der Waals surface area contributed by atoms with Crippen LogP contribution in [0, 0.1) is 11.8 Å². The van der Waals surface area contributed by atoms with Gasteiger partial charge in [-0.2, -0.15) is 0 Å². The molecule has 43 heavy (non-hydrogen) atoms. The van der Waals surface area contributed by atoms with E-state index in [-0.39, 0.29) is 56.6 Å². The van der Waals surface area contributed by atoms with E-state index in [2.05, 4.69) is 10.6 Å². The minimum Gasteiger partial charge on any atom is -0.481 e. The Balaban J connectivity index is 0.000000434. The molecule has 2 fully saturated rings. The molecule has 15 heteroatoms. The highest BCUT2D eigenvalue weighted by Crippen LogP contribution is 2.30. The van der Waals surface area contributed by atoms with Crippen molar-refractivity contribution >= 4 is 24.1 Å². The number of carboxylic acids is 1. The molecule has 2 amide bonds. The molecule has 0 spiro atoms. The highest BCUT2D eigenvalue weighted by atomic mass is 16.7. The van der Waals surface area contributed by atoms with Gasteiger partial charge in [-0.15, -0.1) is 0 Å². The van der Waals surface area contributed by atoms with Crippen molar-refractivity contribution in [2.24, 2.45) is 11.8 Å². The second-order valence-corrected chi connectivity index (χ2v) is 12.3. The fraction of sp³-hybridized carbons (Fsp3) is 0.857. The molecule has 0 aliphatic heterocycles. The lowest BCUT2D eigenvalue weighted by molar-refractivity contribution is -0.159. The summed E-state index contributed by atoms with van der Waals surface area (Å²) in [7, 11) is 4.44. The fourth-order valence-electron chi connectivity index (χ4n) is 4.53. The van der Waals surface area contributed by atoms with Crippen molar-refractivity contribution < 1.29 is 62.2 Å². The number of carbonyl (C=O) groups is 4. The smallest absolute Gasteiger partial charge is 0.407 e. The number of esters is 1. The maximum atomic E-state index is 12.0. The molecule has 0 heterocycles. The summed E-state index contributed by atoms with van der Waals surface area (Å²) in [5.41, 5.74) is -1.19. The molecule has 2 aliphatic rings. The Hall–Kier alpha value is -2.72. The summed E-state index contributed by atoms with van der Waals surface area (Å²) in [4.78, 5) is 46.7. The Morgan fingerprint density at radius 1 is 0.651 bits per heavy atom. The number of nitrogens with one attached hydrogen (secondary N) is 2. The average molecular weight is 623 g/mol. The molecule has 0 saturated heterocycles. The number of carboxylic acid groups (broad SMARTS) is 1. The quantitative estimate of drug-likeness (QED) is 0.164. The van der Waals surface area contributed by atoms with E-state index in [9.17, 15) is 19.2 Å². The number of methoxy groups -OCH3 is 3. The Labute approximate surface area is 253 Å².